The topological polar surface area (TPSA) is 46.8 Å². The van der Waals surface area contributed by atoms with Crippen LogP contribution in [0.15, 0.2) is 29.2 Å². The summed E-state index contributed by atoms with van der Waals surface area (Å²) in [5.41, 5.74) is 0. The second-order valence-corrected chi connectivity index (χ2v) is 3.56. The van der Waals surface area contributed by atoms with Crippen molar-refractivity contribution in [3.8, 4) is 6.07 Å². The highest BCUT2D eigenvalue weighted by Crippen LogP contribution is 2.11. The first kappa shape index (κ1) is 9.04. The molecule has 62 valence electrons. The molecule has 0 bridgehead atoms. The van der Waals surface area contributed by atoms with Crippen molar-refractivity contribution in [1.82, 2.24) is 0 Å². The first-order valence-electron chi connectivity index (χ1n) is 3.25. The van der Waals surface area contributed by atoms with Gasteiger partial charge in [0.05, 0.1) is 0 Å². The first-order chi connectivity index (χ1) is 5.74. The molecule has 0 fully saturated rings. The molecule has 0 aliphatic heterocycles. The molecule has 2 nitrogen and oxygen atoms in total. The molecule has 0 spiro atoms. The number of halogens is 1. The summed E-state index contributed by atoms with van der Waals surface area (Å²) in [5, 5.41) is 8.23. The molecule has 0 aliphatic rings. The average molecular weight is 183 g/mol. The monoisotopic (exact) mass is 183 g/mol. The smallest absolute Gasteiger partial charge is 0.196 e. The van der Waals surface area contributed by atoms with Crippen LogP contribution >= 0.6 is 0 Å². The zero-order valence-corrected chi connectivity index (χ0v) is 6.97. The molecule has 12 heavy (non-hydrogen) atoms. The van der Waals surface area contributed by atoms with Crippen molar-refractivity contribution in [1.29, 1.82) is 5.26 Å². The maximum absolute atomic E-state index is 12.6. The lowest BCUT2D eigenvalue weighted by atomic mass is 10.4. The Bertz CT molecular complexity index is 310. The van der Waals surface area contributed by atoms with Gasteiger partial charge in [0.1, 0.15) is 11.9 Å². The van der Waals surface area contributed by atoms with E-state index in [1.807, 2.05) is 0 Å². The van der Waals surface area contributed by atoms with Gasteiger partial charge in [0.2, 0.25) is 0 Å². The molecule has 0 saturated carbocycles. The van der Waals surface area contributed by atoms with Crippen LogP contribution in [0.4, 0.5) is 4.39 Å². The summed E-state index contributed by atoms with van der Waals surface area (Å²) in [6.45, 7) is 0. The molecule has 0 amide bonds. The predicted molar refractivity (Wildman–Crippen MR) is 43.3 cm³/mol. The van der Waals surface area contributed by atoms with E-state index in [0.29, 0.717) is 4.90 Å². The summed E-state index contributed by atoms with van der Waals surface area (Å²) in [5.74, 6) is -0.525. The van der Waals surface area contributed by atoms with Crippen molar-refractivity contribution in [2.24, 2.45) is 0 Å². The molecule has 1 atom stereocenters. The van der Waals surface area contributed by atoms with Crippen molar-refractivity contribution in [3.05, 3.63) is 30.1 Å². The normalized spacial score (nSPS) is 12.1. The molecule has 1 aromatic rings. The molecule has 1 aromatic carbocycles. The first-order valence-corrected chi connectivity index (χ1v) is 4.57. The Morgan fingerprint density at radius 2 is 2.33 bits per heavy atom. The number of nitriles is 1. The molecule has 0 N–H and O–H groups in total. The Morgan fingerprint density at radius 3 is 2.92 bits per heavy atom. The van der Waals surface area contributed by atoms with Crippen LogP contribution < -0.4 is 0 Å². The van der Waals surface area contributed by atoms with Gasteiger partial charge < -0.3 is 4.55 Å². The van der Waals surface area contributed by atoms with E-state index in [1.54, 1.807) is 6.07 Å². The molecular formula is C8H6FNOS. The predicted octanol–water partition coefficient (Wildman–Crippen LogP) is 1.46. The fourth-order valence-electron chi connectivity index (χ4n) is 0.751. The van der Waals surface area contributed by atoms with Gasteiger partial charge in [-0.25, -0.2) is 4.39 Å². The van der Waals surface area contributed by atoms with Crippen molar-refractivity contribution in [3.63, 3.8) is 0 Å². The lowest BCUT2D eigenvalue weighted by Crippen LogP contribution is -2.04. The molecule has 1 rings (SSSR count). The number of rotatable bonds is 2. The summed E-state index contributed by atoms with van der Waals surface area (Å²) >= 11 is -1.39. The van der Waals surface area contributed by atoms with Gasteiger partial charge in [-0.15, -0.1) is 0 Å². The number of nitrogens with zero attached hydrogens (tertiary/aromatic N) is 1. The van der Waals surface area contributed by atoms with Crippen LogP contribution in [0.5, 0.6) is 0 Å². The minimum atomic E-state index is -1.39. The maximum Gasteiger partial charge on any atom is 0.196 e. The molecular weight excluding hydrogens is 177 g/mol. The summed E-state index contributed by atoms with van der Waals surface area (Å²) in [6.07, 6.45) is 0. The SMILES string of the molecule is N#CC[S+]([O-])c1cccc(F)c1. The highest BCUT2D eigenvalue weighted by Gasteiger charge is 2.09. The standard InChI is InChI=1S/C8H6FNOS/c9-7-2-1-3-8(6-7)12(11)5-4-10/h1-3,6H,5H2. The molecule has 0 saturated heterocycles. The zero-order chi connectivity index (χ0) is 8.97. The Labute approximate surface area is 72.8 Å². The zero-order valence-electron chi connectivity index (χ0n) is 6.16. The lowest BCUT2D eigenvalue weighted by Gasteiger charge is -2.04. The fourth-order valence-corrected chi connectivity index (χ4v) is 1.51. The van der Waals surface area contributed by atoms with Crippen LogP contribution in [-0.4, -0.2) is 10.3 Å². The lowest BCUT2D eigenvalue weighted by molar-refractivity contribution is 0.593. The molecule has 0 heterocycles. The van der Waals surface area contributed by atoms with E-state index in [4.69, 9.17) is 5.26 Å². The van der Waals surface area contributed by atoms with Gasteiger partial charge in [0.15, 0.2) is 10.6 Å². The van der Waals surface area contributed by atoms with Crippen molar-refractivity contribution in [2.45, 2.75) is 4.90 Å². The van der Waals surface area contributed by atoms with Gasteiger partial charge >= 0.3 is 0 Å². The van der Waals surface area contributed by atoms with Gasteiger partial charge in [-0.1, -0.05) is 6.07 Å². The van der Waals surface area contributed by atoms with Crippen LogP contribution in [0.25, 0.3) is 0 Å². The van der Waals surface area contributed by atoms with E-state index in [-0.39, 0.29) is 5.75 Å². The van der Waals surface area contributed by atoms with E-state index in [9.17, 15) is 8.94 Å². The Morgan fingerprint density at radius 1 is 1.58 bits per heavy atom. The van der Waals surface area contributed by atoms with Crippen molar-refractivity contribution >= 4 is 11.2 Å². The third kappa shape index (κ3) is 2.22. The third-order valence-electron chi connectivity index (χ3n) is 1.25. The van der Waals surface area contributed by atoms with Gasteiger partial charge in [-0.3, -0.25) is 0 Å². The molecule has 0 radical (unpaired) electrons. The Hall–Kier alpha value is -1.05. The van der Waals surface area contributed by atoms with E-state index in [1.165, 1.54) is 24.3 Å². The third-order valence-corrected chi connectivity index (χ3v) is 2.43. The Kier molecular flexibility index (Phi) is 3.09. The number of benzene rings is 1. The second kappa shape index (κ2) is 4.10. The summed E-state index contributed by atoms with van der Waals surface area (Å²) < 4.78 is 23.7. The minimum Gasteiger partial charge on any atom is -0.611 e. The van der Waals surface area contributed by atoms with Gasteiger partial charge in [0, 0.05) is 6.07 Å². The van der Waals surface area contributed by atoms with Crippen LogP contribution in [-0.2, 0) is 11.2 Å². The molecule has 4 heteroatoms. The summed E-state index contributed by atoms with van der Waals surface area (Å²) in [4.78, 5) is 0.358. The van der Waals surface area contributed by atoms with Gasteiger partial charge in [0.25, 0.3) is 0 Å². The summed E-state index contributed by atoms with van der Waals surface area (Å²) in [7, 11) is 0. The quantitative estimate of drug-likeness (QED) is 0.651. The maximum atomic E-state index is 12.6. The van der Waals surface area contributed by atoms with E-state index >= 15 is 0 Å². The molecule has 0 aromatic heterocycles. The van der Waals surface area contributed by atoms with E-state index in [2.05, 4.69) is 0 Å². The highest BCUT2D eigenvalue weighted by atomic mass is 32.2. The van der Waals surface area contributed by atoms with Crippen molar-refractivity contribution in [2.75, 3.05) is 5.75 Å². The van der Waals surface area contributed by atoms with E-state index in [0.717, 1.165) is 0 Å². The number of hydrogen-bond donors (Lipinski definition) is 0. The van der Waals surface area contributed by atoms with Crippen LogP contribution in [0, 0.1) is 17.1 Å². The summed E-state index contributed by atoms with van der Waals surface area (Å²) in [6, 6.07) is 7.22. The van der Waals surface area contributed by atoms with Gasteiger partial charge in [-0.2, -0.15) is 5.26 Å². The van der Waals surface area contributed by atoms with Crippen LogP contribution in [0.1, 0.15) is 0 Å². The van der Waals surface area contributed by atoms with Crippen LogP contribution in [0.2, 0.25) is 0 Å². The van der Waals surface area contributed by atoms with Crippen molar-refractivity contribution < 1.29 is 8.94 Å². The largest absolute Gasteiger partial charge is 0.611 e. The minimum absolute atomic E-state index is 0.0938. The molecule has 1 unspecified atom stereocenters. The number of hydrogen-bond acceptors (Lipinski definition) is 2. The van der Waals surface area contributed by atoms with Crippen LogP contribution in [0.3, 0.4) is 0 Å². The second-order valence-electron chi connectivity index (χ2n) is 2.11. The Balaban J connectivity index is 2.82. The highest BCUT2D eigenvalue weighted by molar-refractivity contribution is 7.91. The average Bonchev–Trinajstić information content (AvgIpc) is 2.05. The van der Waals surface area contributed by atoms with Gasteiger partial charge in [-0.05, 0) is 23.3 Å². The fraction of sp³-hybridized carbons (Fsp3) is 0.125. The molecule has 0 aliphatic carbocycles. The van der Waals surface area contributed by atoms with E-state index < -0.39 is 17.0 Å².